The number of aliphatic carboxylic acids is 1. The molecule has 0 radical (unpaired) electrons. The fourth-order valence-electron chi connectivity index (χ4n) is 2.14. The maximum atomic E-state index is 11.3. The Balaban J connectivity index is 2.46. The van der Waals surface area contributed by atoms with Crippen molar-refractivity contribution >= 4 is 11.9 Å². The third-order valence-corrected chi connectivity index (χ3v) is 3.67. The van der Waals surface area contributed by atoms with Crippen LogP contribution in [-0.4, -0.2) is 54.4 Å². The lowest BCUT2D eigenvalue weighted by Crippen LogP contribution is -2.51. The molecule has 2 unspecified atom stereocenters. The summed E-state index contributed by atoms with van der Waals surface area (Å²) in [6.07, 6.45) is -2.36. The Morgan fingerprint density at radius 3 is 2.40 bits per heavy atom. The van der Waals surface area contributed by atoms with Gasteiger partial charge in [-0.2, -0.15) is 0 Å². The predicted octanol–water partition coefficient (Wildman–Crippen LogP) is 0.399. The molecule has 0 aromatic carbocycles. The second-order valence-electron chi connectivity index (χ2n) is 5.06. The third-order valence-electron chi connectivity index (χ3n) is 3.67. The Labute approximate surface area is 117 Å². The molecular weight excluding hydrogens is 268 g/mol. The summed E-state index contributed by atoms with van der Waals surface area (Å²) in [6, 6.07) is 0. The van der Waals surface area contributed by atoms with E-state index in [0.29, 0.717) is 0 Å². The molecule has 20 heavy (non-hydrogen) atoms. The van der Waals surface area contributed by atoms with E-state index in [1.165, 1.54) is 7.11 Å². The molecule has 1 fully saturated rings. The number of esters is 1. The van der Waals surface area contributed by atoms with E-state index < -0.39 is 30.4 Å². The van der Waals surface area contributed by atoms with Crippen molar-refractivity contribution in [3.05, 3.63) is 0 Å². The summed E-state index contributed by atoms with van der Waals surface area (Å²) in [7, 11) is 1.52. The molecule has 0 aromatic rings. The highest BCUT2D eigenvalue weighted by Crippen LogP contribution is 2.31. The van der Waals surface area contributed by atoms with Crippen molar-refractivity contribution in [2.24, 2.45) is 11.8 Å². The maximum Gasteiger partial charge on any atom is 0.306 e. The molecule has 0 aliphatic carbocycles. The van der Waals surface area contributed by atoms with Crippen molar-refractivity contribution in [1.29, 1.82) is 0 Å². The average Bonchev–Trinajstić information content (AvgIpc) is 2.42. The van der Waals surface area contributed by atoms with Gasteiger partial charge in [0.15, 0.2) is 6.29 Å². The van der Waals surface area contributed by atoms with Crippen molar-refractivity contribution in [3.63, 3.8) is 0 Å². The topological polar surface area (TPSA) is 102 Å². The van der Waals surface area contributed by atoms with Crippen molar-refractivity contribution in [2.45, 2.75) is 45.2 Å². The first-order chi connectivity index (χ1) is 9.36. The molecule has 1 aliphatic rings. The number of carboxylic acids is 1. The third kappa shape index (κ3) is 4.43. The highest BCUT2D eigenvalue weighted by atomic mass is 16.7. The Morgan fingerprint density at radius 1 is 1.20 bits per heavy atom. The van der Waals surface area contributed by atoms with E-state index in [1.54, 1.807) is 0 Å². The zero-order valence-corrected chi connectivity index (χ0v) is 11.9. The zero-order valence-electron chi connectivity index (χ0n) is 11.9. The summed E-state index contributed by atoms with van der Waals surface area (Å²) in [5, 5.41) is 18.5. The van der Waals surface area contributed by atoms with Gasteiger partial charge in [0.25, 0.3) is 0 Å². The molecule has 5 atom stereocenters. The minimum Gasteiger partial charge on any atom is -0.481 e. The number of carbonyl (C=O) groups excluding carboxylic acids is 1. The van der Waals surface area contributed by atoms with E-state index in [-0.39, 0.29) is 31.3 Å². The fourth-order valence-corrected chi connectivity index (χ4v) is 2.14. The highest BCUT2D eigenvalue weighted by molar-refractivity contribution is 5.76. The maximum absolute atomic E-state index is 11.3. The summed E-state index contributed by atoms with van der Waals surface area (Å²) in [4.78, 5) is 21.7. The number of ether oxygens (including phenoxy) is 3. The Hall–Kier alpha value is -1.18. The van der Waals surface area contributed by atoms with E-state index >= 15 is 0 Å². The van der Waals surface area contributed by atoms with Crippen LogP contribution in [0.1, 0.15) is 26.7 Å². The summed E-state index contributed by atoms with van der Waals surface area (Å²) in [5.41, 5.74) is 0. The number of carboxylic acid groups (broad SMARTS) is 1. The summed E-state index contributed by atoms with van der Waals surface area (Å²) < 4.78 is 15.7. The Bertz CT molecular complexity index is 342. The number of hydrogen-bond donors (Lipinski definition) is 2. The van der Waals surface area contributed by atoms with Crippen LogP contribution in [0, 0.1) is 11.8 Å². The molecule has 1 saturated heterocycles. The molecule has 0 bridgehead atoms. The molecule has 2 N–H and O–H groups in total. The molecule has 0 spiro atoms. The number of carbonyl (C=O) groups is 2. The van der Waals surface area contributed by atoms with Gasteiger partial charge in [0.2, 0.25) is 0 Å². The van der Waals surface area contributed by atoms with E-state index in [1.807, 2.05) is 13.8 Å². The second kappa shape index (κ2) is 7.56. The monoisotopic (exact) mass is 290 g/mol. The van der Waals surface area contributed by atoms with Crippen LogP contribution in [0.2, 0.25) is 0 Å². The Morgan fingerprint density at radius 2 is 1.85 bits per heavy atom. The summed E-state index contributed by atoms with van der Waals surface area (Å²) in [6.45, 7) is 3.68. The molecule has 0 saturated carbocycles. The number of rotatable bonds is 6. The van der Waals surface area contributed by atoms with Crippen molar-refractivity contribution in [1.82, 2.24) is 0 Å². The normalized spacial score (nSPS) is 33.7. The molecule has 116 valence electrons. The number of aliphatic hydroxyl groups excluding tert-OH is 1. The van der Waals surface area contributed by atoms with E-state index in [0.717, 1.165) is 0 Å². The molecule has 1 aliphatic heterocycles. The first kappa shape index (κ1) is 16.9. The van der Waals surface area contributed by atoms with Crippen molar-refractivity contribution in [2.75, 3.05) is 13.7 Å². The second-order valence-corrected chi connectivity index (χ2v) is 5.06. The van der Waals surface area contributed by atoms with Crippen LogP contribution < -0.4 is 0 Å². The molecule has 0 amide bonds. The smallest absolute Gasteiger partial charge is 0.306 e. The van der Waals surface area contributed by atoms with E-state index in [9.17, 15) is 14.7 Å². The standard InChI is InChI=1S/C13H22O7/c1-7-8(2)13(18-3)20-9(12(7)17)6-19-11(16)5-4-10(14)15/h7-9,12-13,17H,4-6H2,1-3H3,(H,14,15)/t7-,8?,9?,12+,13+/m1/s1. The van der Waals surface area contributed by atoms with Gasteiger partial charge in [-0.3, -0.25) is 9.59 Å². The molecule has 1 rings (SSSR count). The SMILES string of the molecule is CO[C@H]1OC(COC(=O)CCC(=O)O)[C@@H](O)[C@H](C)C1C. The van der Waals surface area contributed by atoms with Crippen LogP contribution in [0.25, 0.3) is 0 Å². The van der Waals surface area contributed by atoms with Crippen LogP contribution in [-0.2, 0) is 23.8 Å². The van der Waals surface area contributed by atoms with Gasteiger partial charge < -0.3 is 24.4 Å². The lowest BCUT2D eigenvalue weighted by atomic mass is 9.85. The van der Waals surface area contributed by atoms with Crippen LogP contribution in [0.4, 0.5) is 0 Å². The molecular formula is C13H22O7. The number of methoxy groups -OCH3 is 1. The van der Waals surface area contributed by atoms with E-state index in [2.05, 4.69) is 0 Å². The fraction of sp³-hybridized carbons (Fsp3) is 0.846. The van der Waals surface area contributed by atoms with Gasteiger partial charge in [0.1, 0.15) is 12.7 Å². The van der Waals surface area contributed by atoms with Gasteiger partial charge in [-0.1, -0.05) is 13.8 Å². The zero-order chi connectivity index (χ0) is 15.3. The van der Waals surface area contributed by atoms with Crippen molar-refractivity contribution < 1.29 is 34.0 Å². The number of aliphatic hydroxyl groups is 1. The molecule has 1 heterocycles. The van der Waals surface area contributed by atoms with Gasteiger partial charge >= 0.3 is 11.9 Å². The molecule has 7 nitrogen and oxygen atoms in total. The van der Waals surface area contributed by atoms with Gasteiger partial charge in [-0.15, -0.1) is 0 Å². The lowest BCUT2D eigenvalue weighted by Gasteiger charge is -2.41. The first-order valence-corrected chi connectivity index (χ1v) is 6.60. The van der Waals surface area contributed by atoms with Crippen molar-refractivity contribution in [3.8, 4) is 0 Å². The van der Waals surface area contributed by atoms with Gasteiger partial charge in [0, 0.05) is 13.0 Å². The van der Waals surface area contributed by atoms with Crippen LogP contribution in [0.5, 0.6) is 0 Å². The minimum absolute atomic E-state index is 0.0222. The summed E-state index contributed by atoms with van der Waals surface area (Å²) in [5.74, 6) is -1.72. The van der Waals surface area contributed by atoms with Gasteiger partial charge in [-0.05, 0) is 5.92 Å². The Kier molecular flexibility index (Phi) is 6.38. The lowest BCUT2D eigenvalue weighted by molar-refractivity contribution is -0.261. The quantitative estimate of drug-likeness (QED) is 0.682. The number of hydrogen-bond acceptors (Lipinski definition) is 6. The van der Waals surface area contributed by atoms with Crippen LogP contribution in [0.15, 0.2) is 0 Å². The minimum atomic E-state index is -1.06. The largest absolute Gasteiger partial charge is 0.481 e. The highest BCUT2D eigenvalue weighted by Gasteiger charge is 2.41. The van der Waals surface area contributed by atoms with Gasteiger partial charge in [-0.25, -0.2) is 0 Å². The summed E-state index contributed by atoms with van der Waals surface area (Å²) >= 11 is 0. The molecule has 7 heteroatoms. The van der Waals surface area contributed by atoms with E-state index in [4.69, 9.17) is 19.3 Å². The van der Waals surface area contributed by atoms with Gasteiger partial charge in [0.05, 0.1) is 18.9 Å². The first-order valence-electron chi connectivity index (χ1n) is 6.60. The van der Waals surface area contributed by atoms with Crippen LogP contribution >= 0.6 is 0 Å². The van der Waals surface area contributed by atoms with Crippen LogP contribution in [0.3, 0.4) is 0 Å². The molecule has 0 aromatic heterocycles. The predicted molar refractivity (Wildman–Crippen MR) is 67.8 cm³/mol. The average molecular weight is 290 g/mol.